The number of fused-ring (bicyclic) bond motifs is 2. The Balaban J connectivity index is 1.29. The Hall–Kier alpha value is -3.13. The molecule has 3 aromatic carbocycles. The number of amides is 1. The molecule has 4 nitrogen and oxygen atoms in total. The maximum absolute atomic E-state index is 12.8. The van der Waals surface area contributed by atoms with E-state index in [0.717, 1.165) is 38.7 Å². The number of nitrogens with one attached hydrogen (secondary N) is 2. The first-order chi connectivity index (χ1) is 16.1. The SMILES string of the molecule is [B]C1=C2C=C(c3ccccc3O)C=C(NCCNC(=O)c3cccc4ccccc34)C2I=C1. The molecule has 1 unspecified atom stereocenters. The van der Waals surface area contributed by atoms with Gasteiger partial charge in [0.2, 0.25) is 0 Å². The number of phenolic OH excluding ortho intramolecular Hbond substituents is 1. The molecule has 3 N–H and O–H groups in total. The summed E-state index contributed by atoms with van der Waals surface area (Å²) < 4.78 is 2.44. The first-order valence-corrected chi connectivity index (χ1v) is 13.3. The molecule has 6 heteroatoms. The minimum atomic E-state index is -0.238. The van der Waals surface area contributed by atoms with Gasteiger partial charge in [0, 0.05) is 29.9 Å². The van der Waals surface area contributed by atoms with Crippen LogP contribution in [0.1, 0.15) is 15.9 Å². The Morgan fingerprint density at radius 1 is 0.970 bits per heavy atom. The molecule has 0 bridgehead atoms. The molecule has 33 heavy (non-hydrogen) atoms. The van der Waals surface area contributed by atoms with Crippen molar-refractivity contribution in [3.05, 3.63) is 107 Å². The number of carbonyl (C=O) groups excluding carboxylic acids is 1. The van der Waals surface area contributed by atoms with Crippen LogP contribution in [0, 0.1) is 0 Å². The number of carbonyl (C=O) groups is 1. The largest absolute Gasteiger partial charge is 0.507 e. The van der Waals surface area contributed by atoms with Gasteiger partial charge in [0.05, 0.1) is 3.92 Å². The van der Waals surface area contributed by atoms with Crippen molar-refractivity contribution in [3.63, 3.8) is 0 Å². The van der Waals surface area contributed by atoms with Gasteiger partial charge in [0.1, 0.15) is 13.6 Å². The van der Waals surface area contributed by atoms with Gasteiger partial charge in [0.15, 0.2) is 0 Å². The monoisotopic (exact) mass is 544 g/mol. The minimum Gasteiger partial charge on any atom is -0.507 e. The van der Waals surface area contributed by atoms with Gasteiger partial charge in [-0.15, -0.1) is 20.7 Å². The number of hydrogen-bond acceptors (Lipinski definition) is 3. The molecule has 5 rings (SSSR count). The van der Waals surface area contributed by atoms with Crippen LogP contribution in [0.2, 0.25) is 0 Å². The lowest BCUT2D eigenvalue weighted by Gasteiger charge is -2.24. The highest BCUT2D eigenvalue weighted by Crippen LogP contribution is 2.40. The molecule has 1 atom stereocenters. The Labute approximate surface area is 204 Å². The second-order valence-corrected chi connectivity index (χ2v) is 10.5. The normalized spacial score (nSPS) is 17.2. The Bertz CT molecular complexity index is 1370. The zero-order chi connectivity index (χ0) is 22.8. The minimum absolute atomic E-state index is 0.0764. The molecule has 3 aromatic rings. The van der Waals surface area contributed by atoms with Crippen molar-refractivity contribution in [2.75, 3.05) is 13.1 Å². The second kappa shape index (κ2) is 9.39. The molecule has 1 aliphatic heterocycles. The van der Waals surface area contributed by atoms with Gasteiger partial charge in [-0.25, -0.2) is 0 Å². The van der Waals surface area contributed by atoms with Gasteiger partial charge in [-0.05, 0) is 44.1 Å². The molecule has 2 aliphatic rings. The smallest absolute Gasteiger partial charge is 0.251 e. The summed E-state index contributed by atoms with van der Waals surface area (Å²) in [6, 6.07) is 21.0. The van der Waals surface area contributed by atoms with Crippen molar-refractivity contribution in [3.8, 4) is 5.75 Å². The Morgan fingerprint density at radius 2 is 1.76 bits per heavy atom. The van der Waals surface area contributed by atoms with Crippen LogP contribution in [0.25, 0.3) is 16.3 Å². The summed E-state index contributed by atoms with van der Waals surface area (Å²) in [7, 11) is 6.27. The number of allylic oxidation sites excluding steroid dienone is 5. The third kappa shape index (κ3) is 4.40. The third-order valence-corrected chi connectivity index (χ3v) is 8.89. The molecule has 0 aromatic heterocycles. The highest BCUT2D eigenvalue weighted by Gasteiger charge is 2.26. The first kappa shape index (κ1) is 21.7. The van der Waals surface area contributed by atoms with Gasteiger partial charge < -0.3 is 15.7 Å². The zero-order valence-corrected chi connectivity index (χ0v) is 20.0. The van der Waals surface area contributed by atoms with Gasteiger partial charge >= 0.3 is 0 Å². The number of aromatic hydroxyl groups is 1. The first-order valence-electron chi connectivity index (χ1n) is 10.8. The summed E-state index contributed by atoms with van der Waals surface area (Å²) in [4.78, 5) is 12.8. The molecule has 0 spiro atoms. The number of para-hydroxylation sites is 1. The van der Waals surface area contributed by atoms with Crippen molar-refractivity contribution >= 4 is 54.8 Å². The van der Waals surface area contributed by atoms with E-state index in [1.165, 1.54) is 0 Å². The number of halogens is 1. The van der Waals surface area contributed by atoms with Gasteiger partial charge in [-0.3, -0.25) is 4.79 Å². The standard InChI is InChI=1S/C27H22BIN2O2/c28-23-16-29-26-22(23)14-18(20-9-3-4-11-25(20)32)15-24(26)30-12-13-31-27(33)21-10-5-7-17-6-1-2-8-19(17)21/h1-11,14-16,26,30,32H,12-13H2,(H,31,33). The van der Waals surface area contributed by atoms with E-state index < -0.39 is 0 Å². The summed E-state index contributed by atoms with van der Waals surface area (Å²) in [5.41, 5.74) is 5.44. The fourth-order valence-electron chi connectivity index (χ4n) is 4.17. The molecule has 2 radical (unpaired) electrons. The summed E-state index contributed by atoms with van der Waals surface area (Å²) in [5.74, 6) is 0.170. The molecule has 162 valence electrons. The number of hydrogen-bond donors (Lipinski definition) is 3. The van der Waals surface area contributed by atoms with E-state index in [0.29, 0.717) is 18.7 Å². The van der Waals surface area contributed by atoms with Crippen LogP contribution in [0.15, 0.2) is 95.6 Å². The molecule has 1 aliphatic carbocycles. The average molecular weight is 544 g/mol. The molecular formula is C27H22BIN2O2. The maximum atomic E-state index is 12.8. The van der Waals surface area contributed by atoms with Crippen molar-refractivity contribution in [1.82, 2.24) is 10.6 Å². The fraction of sp³-hybridized carbons (Fsp3) is 0.111. The van der Waals surface area contributed by atoms with Gasteiger partial charge in [-0.1, -0.05) is 66.1 Å². The molecule has 1 amide bonds. The second-order valence-electron chi connectivity index (χ2n) is 7.93. The van der Waals surface area contributed by atoms with Crippen molar-refractivity contribution in [2.45, 2.75) is 3.92 Å². The van der Waals surface area contributed by atoms with Crippen LogP contribution in [0.4, 0.5) is 0 Å². The van der Waals surface area contributed by atoms with Crippen LogP contribution < -0.4 is 10.6 Å². The molecule has 1 heterocycles. The van der Waals surface area contributed by atoms with Crippen molar-refractivity contribution < 1.29 is 9.90 Å². The maximum Gasteiger partial charge on any atom is 0.251 e. The van der Waals surface area contributed by atoms with E-state index in [2.05, 4.69) is 26.8 Å². The van der Waals surface area contributed by atoms with E-state index in [1.807, 2.05) is 60.7 Å². The lowest BCUT2D eigenvalue weighted by Crippen LogP contribution is -2.34. The van der Waals surface area contributed by atoms with E-state index in [9.17, 15) is 9.90 Å². The van der Waals surface area contributed by atoms with E-state index in [-0.39, 0.29) is 36.3 Å². The summed E-state index contributed by atoms with van der Waals surface area (Å²) in [6.07, 6.45) is 4.19. The predicted molar refractivity (Wildman–Crippen MR) is 145 cm³/mol. The van der Waals surface area contributed by atoms with Gasteiger partial charge in [0.25, 0.3) is 5.91 Å². The van der Waals surface area contributed by atoms with Crippen LogP contribution in [-0.4, -0.2) is 39.9 Å². The number of phenols is 1. The lowest BCUT2D eigenvalue weighted by molar-refractivity contribution is 0.0956. The summed E-state index contributed by atoms with van der Waals surface area (Å²) >= 11 is -0.238. The van der Waals surface area contributed by atoms with Crippen LogP contribution >= 0.6 is 20.7 Å². The zero-order valence-electron chi connectivity index (χ0n) is 17.9. The average Bonchev–Trinajstić information content (AvgIpc) is 3.22. The highest BCUT2D eigenvalue weighted by atomic mass is 127. The number of rotatable bonds is 6. The topological polar surface area (TPSA) is 61.4 Å². The van der Waals surface area contributed by atoms with Crippen LogP contribution in [0.5, 0.6) is 5.75 Å². The molecule has 0 saturated heterocycles. The predicted octanol–water partition coefficient (Wildman–Crippen LogP) is 4.42. The molecule has 0 fully saturated rings. The van der Waals surface area contributed by atoms with E-state index in [1.54, 1.807) is 6.07 Å². The Kier molecular flexibility index (Phi) is 6.18. The van der Waals surface area contributed by atoms with E-state index >= 15 is 0 Å². The molecule has 0 saturated carbocycles. The number of alkyl halides is 1. The number of benzene rings is 3. The lowest BCUT2D eigenvalue weighted by atomic mass is 9.85. The van der Waals surface area contributed by atoms with E-state index in [4.69, 9.17) is 7.85 Å². The summed E-state index contributed by atoms with van der Waals surface area (Å²) in [5, 5.41) is 18.9. The summed E-state index contributed by atoms with van der Waals surface area (Å²) in [6.45, 7) is 1.10. The van der Waals surface area contributed by atoms with Gasteiger partial charge in [-0.2, -0.15) is 0 Å². The van der Waals surface area contributed by atoms with Crippen LogP contribution in [-0.2, 0) is 0 Å². The third-order valence-electron chi connectivity index (χ3n) is 5.80. The fourth-order valence-corrected chi connectivity index (χ4v) is 6.99. The molecular weight excluding hydrogens is 522 g/mol. The Morgan fingerprint density at radius 3 is 2.64 bits per heavy atom. The highest BCUT2D eigenvalue weighted by molar-refractivity contribution is 14.2. The van der Waals surface area contributed by atoms with Crippen LogP contribution in [0.3, 0.4) is 0 Å². The quantitative estimate of drug-likeness (QED) is 0.187. The van der Waals surface area contributed by atoms with Crippen molar-refractivity contribution in [2.24, 2.45) is 0 Å². The van der Waals surface area contributed by atoms with Crippen molar-refractivity contribution in [1.29, 1.82) is 0 Å².